The summed E-state index contributed by atoms with van der Waals surface area (Å²) in [4.78, 5) is 27.4. The Labute approximate surface area is 130 Å². The zero-order chi connectivity index (χ0) is 16.2. The molecule has 1 N–H and O–H groups in total. The van der Waals surface area contributed by atoms with Crippen molar-refractivity contribution in [3.63, 3.8) is 0 Å². The van der Waals surface area contributed by atoms with Gasteiger partial charge in [0.1, 0.15) is 0 Å². The van der Waals surface area contributed by atoms with Crippen molar-refractivity contribution in [2.45, 2.75) is 19.4 Å². The minimum absolute atomic E-state index is 0.0924. The van der Waals surface area contributed by atoms with E-state index in [1.54, 1.807) is 32.3 Å². The zero-order valence-electron chi connectivity index (χ0n) is 13.1. The molecule has 0 aliphatic heterocycles. The molecule has 21 heavy (non-hydrogen) atoms. The van der Waals surface area contributed by atoms with Crippen molar-refractivity contribution in [2.24, 2.45) is 0 Å². The SMILES string of the molecule is CC[C@H](C(=O)Nc1ccc(C(=O)N(C)C)c(Cl)c1)N(C)C. The Kier molecular flexibility index (Phi) is 6.18. The lowest BCUT2D eigenvalue weighted by molar-refractivity contribution is -0.120. The summed E-state index contributed by atoms with van der Waals surface area (Å²) >= 11 is 6.12. The van der Waals surface area contributed by atoms with Gasteiger partial charge in [-0.3, -0.25) is 14.5 Å². The van der Waals surface area contributed by atoms with Crippen LogP contribution in [0.15, 0.2) is 18.2 Å². The first-order chi connectivity index (χ1) is 9.77. The molecule has 0 aliphatic carbocycles. The van der Waals surface area contributed by atoms with E-state index in [1.807, 2.05) is 25.9 Å². The Balaban J connectivity index is 2.90. The van der Waals surface area contributed by atoms with Crippen LogP contribution in [0.3, 0.4) is 0 Å². The quantitative estimate of drug-likeness (QED) is 0.908. The van der Waals surface area contributed by atoms with Crippen molar-refractivity contribution in [2.75, 3.05) is 33.5 Å². The monoisotopic (exact) mass is 311 g/mol. The van der Waals surface area contributed by atoms with Crippen molar-refractivity contribution in [1.29, 1.82) is 0 Å². The molecule has 0 spiro atoms. The summed E-state index contributed by atoms with van der Waals surface area (Å²) in [5.41, 5.74) is 1.000. The summed E-state index contributed by atoms with van der Waals surface area (Å²) in [6.45, 7) is 1.95. The third-order valence-electron chi connectivity index (χ3n) is 3.19. The highest BCUT2D eigenvalue weighted by Crippen LogP contribution is 2.22. The van der Waals surface area contributed by atoms with Crippen LogP contribution in [0.1, 0.15) is 23.7 Å². The predicted molar refractivity (Wildman–Crippen MR) is 85.9 cm³/mol. The molecule has 1 aromatic rings. The number of rotatable bonds is 5. The van der Waals surface area contributed by atoms with Gasteiger partial charge in [-0.25, -0.2) is 0 Å². The fraction of sp³-hybridized carbons (Fsp3) is 0.467. The van der Waals surface area contributed by atoms with Gasteiger partial charge in [0.05, 0.1) is 16.6 Å². The molecule has 0 aromatic heterocycles. The number of nitrogens with one attached hydrogen (secondary N) is 1. The van der Waals surface area contributed by atoms with Crippen LogP contribution in [0, 0.1) is 0 Å². The minimum atomic E-state index is -0.202. The number of amides is 2. The lowest BCUT2D eigenvalue weighted by Gasteiger charge is -2.22. The highest BCUT2D eigenvalue weighted by Gasteiger charge is 2.19. The van der Waals surface area contributed by atoms with Crippen molar-refractivity contribution >= 4 is 29.1 Å². The van der Waals surface area contributed by atoms with Crippen molar-refractivity contribution < 1.29 is 9.59 Å². The molecule has 0 fully saturated rings. The number of likely N-dealkylation sites (N-methyl/N-ethyl adjacent to an activating group) is 1. The van der Waals surface area contributed by atoms with E-state index >= 15 is 0 Å². The van der Waals surface area contributed by atoms with E-state index in [4.69, 9.17) is 11.6 Å². The van der Waals surface area contributed by atoms with Gasteiger partial charge in [-0.1, -0.05) is 18.5 Å². The smallest absolute Gasteiger partial charge is 0.254 e. The van der Waals surface area contributed by atoms with Gasteiger partial charge in [0.15, 0.2) is 0 Å². The number of hydrogen-bond acceptors (Lipinski definition) is 3. The van der Waals surface area contributed by atoms with Crippen LogP contribution >= 0.6 is 11.6 Å². The first kappa shape index (κ1) is 17.5. The average molecular weight is 312 g/mol. The third kappa shape index (κ3) is 4.44. The topological polar surface area (TPSA) is 52.7 Å². The Morgan fingerprint density at radius 2 is 1.86 bits per heavy atom. The maximum absolute atomic E-state index is 12.2. The molecule has 0 unspecified atom stereocenters. The highest BCUT2D eigenvalue weighted by molar-refractivity contribution is 6.34. The van der Waals surface area contributed by atoms with Crippen molar-refractivity contribution in [3.05, 3.63) is 28.8 Å². The van der Waals surface area contributed by atoms with Crippen LogP contribution in [-0.4, -0.2) is 55.8 Å². The maximum atomic E-state index is 12.2. The molecule has 5 nitrogen and oxygen atoms in total. The lowest BCUT2D eigenvalue weighted by atomic mass is 10.1. The molecular formula is C15H22ClN3O2. The molecule has 0 aliphatic rings. The van der Waals surface area contributed by atoms with E-state index in [0.29, 0.717) is 22.7 Å². The number of carbonyl (C=O) groups excluding carboxylic acids is 2. The van der Waals surface area contributed by atoms with E-state index in [9.17, 15) is 9.59 Å². The normalized spacial score (nSPS) is 12.1. The van der Waals surface area contributed by atoms with E-state index in [0.717, 1.165) is 0 Å². The van der Waals surface area contributed by atoms with E-state index in [1.165, 1.54) is 4.90 Å². The van der Waals surface area contributed by atoms with E-state index in [-0.39, 0.29) is 17.9 Å². The van der Waals surface area contributed by atoms with Crippen LogP contribution in [-0.2, 0) is 4.79 Å². The van der Waals surface area contributed by atoms with Gasteiger partial charge in [-0.05, 0) is 38.7 Å². The first-order valence-corrected chi connectivity index (χ1v) is 7.14. The van der Waals surface area contributed by atoms with Gasteiger partial charge in [0.25, 0.3) is 5.91 Å². The Morgan fingerprint density at radius 1 is 1.24 bits per heavy atom. The largest absolute Gasteiger partial charge is 0.345 e. The molecule has 0 heterocycles. The van der Waals surface area contributed by atoms with Crippen LogP contribution in [0.25, 0.3) is 0 Å². The molecule has 1 aromatic carbocycles. The van der Waals surface area contributed by atoms with Crippen LogP contribution in [0.5, 0.6) is 0 Å². The summed E-state index contributed by atoms with van der Waals surface area (Å²) < 4.78 is 0. The molecule has 0 bridgehead atoms. The molecule has 1 atom stereocenters. The second kappa shape index (κ2) is 7.43. The maximum Gasteiger partial charge on any atom is 0.254 e. The number of benzene rings is 1. The first-order valence-electron chi connectivity index (χ1n) is 6.76. The molecule has 0 saturated heterocycles. The Morgan fingerprint density at radius 3 is 2.29 bits per heavy atom. The van der Waals surface area contributed by atoms with E-state index in [2.05, 4.69) is 5.32 Å². The second-order valence-electron chi connectivity index (χ2n) is 5.27. The van der Waals surface area contributed by atoms with Crippen LogP contribution < -0.4 is 5.32 Å². The number of anilines is 1. The third-order valence-corrected chi connectivity index (χ3v) is 3.50. The van der Waals surface area contributed by atoms with Crippen LogP contribution in [0.2, 0.25) is 5.02 Å². The fourth-order valence-electron chi connectivity index (χ4n) is 2.02. The molecule has 0 radical (unpaired) electrons. The molecule has 1 rings (SSSR count). The van der Waals surface area contributed by atoms with Gasteiger partial charge < -0.3 is 10.2 Å². The number of nitrogens with zero attached hydrogens (tertiary/aromatic N) is 2. The Bertz CT molecular complexity index is 530. The molecule has 0 saturated carbocycles. The summed E-state index contributed by atoms with van der Waals surface area (Å²) in [6.07, 6.45) is 0.712. The number of carbonyl (C=O) groups is 2. The fourth-order valence-corrected chi connectivity index (χ4v) is 2.28. The number of hydrogen-bond donors (Lipinski definition) is 1. The average Bonchev–Trinajstić information content (AvgIpc) is 2.38. The molecule has 116 valence electrons. The van der Waals surface area contributed by atoms with Crippen molar-refractivity contribution in [1.82, 2.24) is 9.80 Å². The molecule has 6 heteroatoms. The van der Waals surface area contributed by atoms with Gasteiger partial charge in [0, 0.05) is 19.8 Å². The van der Waals surface area contributed by atoms with E-state index < -0.39 is 0 Å². The van der Waals surface area contributed by atoms with Gasteiger partial charge in [0.2, 0.25) is 5.91 Å². The zero-order valence-corrected chi connectivity index (χ0v) is 13.9. The summed E-state index contributed by atoms with van der Waals surface area (Å²) in [7, 11) is 7.05. The number of halogens is 1. The van der Waals surface area contributed by atoms with Crippen molar-refractivity contribution in [3.8, 4) is 0 Å². The highest BCUT2D eigenvalue weighted by atomic mass is 35.5. The van der Waals surface area contributed by atoms with Gasteiger partial charge in [-0.2, -0.15) is 0 Å². The lowest BCUT2D eigenvalue weighted by Crippen LogP contribution is -2.39. The van der Waals surface area contributed by atoms with Gasteiger partial charge >= 0.3 is 0 Å². The minimum Gasteiger partial charge on any atom is -0.345 e. The predicted octanol–water partition coefficient (Wildman–Crippen LogP) is 2.32. The second-order valence-corrected chi connectivity index (χ2v) is 5.68. The molecular weight excluding hydrogens is 290 g/mol. The van der Waals surface area contributed by atoms with Gasteiger partial charge in [-0.15, -0.1) is 0 Å². The molecule has 2 amide bonds. The Hall–Kier alpha value is -1.59. The standard InChI is InChI=1S/C15H22ClN3O2/c1-6-13(18(2)3)14(20)17-10-7-8-11(12(16)9-10)15(21)19(4)5/h7-9,13H,6H2,1-5H3,(H,17,20)/t13-/m1/s1. The summed E-state index contributed by atoms with van der Waals surface area (Å²) in [5, 5.41) is 3.14. The summed E-state index contributed by atoms with van der Waals surface area (Å²) in [6, 6.07) is 4.70. The van der Waals surface area contributed by atoms with Crippen LogP contribution in [0.4, 0.5) is 5.69 Å². The summed E-state index contributed by atoms with van der Waals surface area (Å²) in [5.74, 6) is -0.261.